The van der Waals surface area contributed by atoms with Crippen molar-refractivity contribution in [1.82, 2.24) is 50.5 Å². The second-order valence-corrected chi connectivity index (χ2v) is 17.2. The highest BCUT2D eigenvalue weighted by Crippen LogP contribution is 2.29. The number of urea groups is 1. The Bertz CT molecular complexity index is 2240. The fourth-order valence-corrected chi connectivity index (χ4v) is 8.27. The number of amides is 5. The number of carbonyl (C=O) groups excluding carboxylic acids is 4. The van der Waals surface area contributed by atoms with Crippen molar-refractivity contribution in [2.24, 2.45) is 0 Å². The molecule has 0 fully saturated rings. The van der Waals surface area contributed by atoms with Crippen LogP contribution in [-0.4, -0.2) is 90.2 Å². The first kappa shape index (κ1) is 45.6. The molecule has 62 heavy (non-hydrogen) atoms. The van der Waals surface area contributed by atoms with Gasteiger partial charge in [-0.05, 0) is 36.8 Å². The number of rotatable bonds is 18. The van der Waals surface area contributed by atoms with Gasteiger partial charge in [0.25, 0.3) is 0 Å². The summed E-state index contributed by atoms with van der Waals surface area (Å²) in [7, 11) is 1.55. The third kappa shape index (κ3) is 13.1. The third-order valence-corrected chi connectivity index (χ3v) is 12.1. The zero-order valence-electron chi connectivity index (χ0n) is 34.5. The highest BCUT2D eigenvalue weighted by atomic mass is 32.1. The van der Waals surface area contributed by atoms with Crippen molar-refractivity contribution >= 4 is 46.6 Å². The lowest BCUT2D eigenvalue weighted by atomic mass is 9.95. The topological polar surface area (TPSA) is 177 Å². The minimum absolute atomic E-state index is 0.0419. The summed E-state index contributed by atoms with van der Waals surface area (Å²) in [5.74, 6) is -2.19. The van der Waals surface area contributed by atoms with Crippen LogP contribution in [-0.2, 0) is 59.6 Å². The Morgan fingerprint density at radius 1 is 0.887 bits per heavy atom. The summed E-state index contributed by atoms with van der Waals surface area (Å²) < 4.78 is 47.0. The molecule has 3 atom stereocenters. The van der Waals surface area contributed by atoms with E-state index in [4.69, 9.17) is 4.74 Å². The van der Waals surface area contributed by atoms with Gasteiger partial charge in [0, 0.05) is 49.7 Å². The van der Waals surface area contributed by atoms with E-state index in [1.807, 2.05) is 79.9 Å². The minimum atomic E-state index is -4.72. The van der Waals surface area contributed by atoms with E-state index < -0.39 is 60.5 Å². The summed E-state index contributed by atoms with van der Waals surface area (Å²) in [6, 6.07) is 16.2. The lowest BCUT2D eigenvalue weighted by Crippen LogP contribution is -2.54. The van der Waals surface area contributed by atoms with Crippen LogP contribution in [0.15, 0.2) is 77.8 Å². The fraction of sp³-hybridized carbons (Fsp3) is 0.429. The number of alkyl carbamates (subject to hydrolysis) is 1. The van der Waals surface area contributed by atoms with E-state index in [-0.39, 0.29) is 44.5 Å². The molecule has 0 aliphatic carbocycles. The molecule has 1 aliphatic rings. The van der Waals surface area contributed by atoms with Crippen LogP contribution in [0.2, 0.25) is 0 Å². The first-order valence-corrected chi connectivity index (χ1v) is 21.9. The van der Waals surface area contributed by atoms with Gasteiger partial charge in [-0.3, -0.25) is 14.6 Å². The molecule has 0 radical (unpaired) electrons. The van der Waals surface area contributed by atoms with E-state index >= 15 is 0 Å². The molecule has 2 aromatic carbocycles. The molecule has 20 heteroatoms. The van der Waals surface area contributed by atoms with Crippen LogP contribution in [0.1, 0.15) is 77.4 Å². The van der Waals surface area contributed by atoms with Gasteiger partial charge in [-0.1, -0.05) is 74.5 Å². The van der Waals surface area contributed by atoms with Gasteiger partial charge in [0.1, 0.15) is 12.6 Å². The van der Waals surface area contributed by atoms with E-state index in [2.05, 4.69) is 36.1 Å². The minimum Gasteiger partial charge on any atom is -0.444 e. The van der Waals surface area contributed by atoms with Gasteiger partial charge in [-0.25, -0.2) is 14.6 Å². The second kappa shape index (κ2) is 21.3. The molecule has 0 unspecified atom stereocenters. The summed E-state index contributed by atoms with van der Waals surface area (Å²) in [6.07, 6.45) is -2.50. The number of nitrogens with one attached hydrogen (secondary N) is 3. The standard InChI is InChI=1S/C42H49F3N10O5S2/c1-27(2)38-48-32(25-61-38)22-53(3)40(58)50-34(20-36(56)54-16-17-55-35(23-54)51-52-39(55)42(43,44)45)37(57)47-30(18-28-10-6-4-7-11-28)14-15-31(19-29-12-8-5-9-13-29)49-41(59)60-24-33-21-46-26-62-33/h4-13,21,25-27,30-31,34H,14-20,22-24H2,1-3H3,(H,47,57)(H,49,59)(H,50,58)/t30-,31-,34+/m1/s1. The molecular formula is C42H49F3N10O5S2. The Balaban J connectivity index is 1.19. The number of halogens is 3. The van der Waals surface area contributed by atoms with Crippen molar-refractivity contribution in [3.63, 3.8) is 0 Å². The highest BCUT2D eigenvalue weighted by molar-refractivity contribution is 7.09. The van der Waals surface area contributed by atoms with Gasteiger partial charge in [0.05, 0.1) is 40.6 Å². The van der Waals surface area contributed by atoms with Crippen molar-refractivity contribution in [1.29, 1.82) is 0 Å². The van der Waals surface area contributed by atoms with E-state index in [0.29, 0.717) is 31.4 Å². The first-order chi connectivity index (χ1) is 29.7. The third-order valence-electron chi connectivity index (χ3n) is 10.2. The molecule has 6 rings (SSSR count). The number of carbonyl (C=O) groups is 4. The quantitative estimate of drug-likeness (QED) is 0.0909. The number of hydrogen-bond donors (Lipinski definition) is 3. The molecular weight excluding hydrogens is 846 g/mol. The molecule has 1 aliphatic heterocycles. The fourth-order valence-electron chi connectivity index (χ4n) is 6.94. The van der Waals surface area contributed by atoms with E-state index in [1.54, 1.807) is 18.8 Å². The van der Waals surface area contributed by atoms with Gasteiger partial charge in [0.2, 0.25) is 17.6 Å². The molecule has 5 amide bonds. The molecule has 0 bridgehead atoms. The number of alkyl halides is 3. The van der Waals surface area contributed by atoms with Gasteiger partial charge in [-0.15, -0.1) is 32.9 Å². The number of aromatic nitrogens is 5. The van der Waals surface area contributed by atoms with Gasteiger partial charge >= 0.3 is 18.3 Å². The molecule has 5 aromatic rings. The monoisotopic (exact) mass is 894 g/mol. The van der Waals surface area contributed by atoms with Crippen LogP contribution in [0, 0.1) is 0 Å². The number of hydrogen-bond acceptors (Lipinski definition) is 11. The summed E-state index contributed by atoms with van der Waals surface area (Å²) in [5.41, 5.74) is 4.23. The van der Waals surface area contributed by atoms with E-state index in [9.17, 15) is 32.3 Å². The molecule has 0 spiro atoms. The lowest BCUT2D eigenvalue weighted by Gasteiger charge is -2.30. The maximum atomic E-state index is 14.4. The average Bonchev–Trinajstić information content (AvgIpc) is 4.04. The van der Waals surface area contributed by atoms with E-state index in [0.717, 1.165) is 25.6 Å². The van der Waals surface area contributed by atoms with E-state index in [1.165, 1.54) is 32.5 Å². The molecule has 0 saturated heterocycles. The van der Waals surface area contributed by atoms with Crippen molar-refractivity contribution < 1.29 is 37.1 Å². The van der Waals surface area contributed by atoms with Crippen molar-refractivity contribution in [2.45, 2.75) is 102 Å². The Morgan fingerprint density at radius 2 is 1.55 bits per heavy atom. The molecule has 4 heterocycles. The zero-order chi connectivity index (χ0) is 44.2. The number of benzene rings is 2. The SMILES string of the molecule is CC(C)c1nc(CN(C)C(=O)N[C@@H](CC(=O)N2CCn3c(nnc3C(F)(F)F)C2)C(=O)N[C@H](CC[C@H](Cc2ccccc2)NC(=O)OCc2cncs2)Cc2ccccc2)cs1. The molecule has 0 saturated carbocycles. The summed E-state index contributed by atoms with van der Waals surface area (Å²) in [5, 5.41) is 18.6. The lowest BCUT2D eigenvalue weighted by molar-refractivity contribution is -0.148. The summed E-state index contributed by atoms with van der Waals surface area (Å²) >= 11 is 2.85. The van der Waals surface area contributed by atoms with Crippen molar-refractivity contribution in [3.8, 4) is 0 Å². The molecule has 3 N–H and O–H groups in total. The Hall–Kier alpha value is -5.89. The highest BCUT2D eigenvalue weighted by Gasteiger charge is 2.40. The van der Waals surface area contributed by atoms with Crippen LogP contribution in [0.25, 0.3) is 0 Å². The second-order valence-electron chi connectivity index (χ2n) is 15.3. The average molecular weight is 895 g/mol. The van der Waals surface area contributed by atoms with Crippen molar-refractivity contribution in [3.05, 3.63) is 116 Å². The van der Waals surface area contributed by atoms with Gasteiger partial charge in [-0.2, -0.15) is 13.2 Å². The zero-order valence-corrected chi connectivity index (χ0v) is 36.1. The predicted molar refractivity (Wildman–Crippen MR) is 226 cm³/mol. The number of fused-ring (bicyclic) bond motifs is 1. The number of nitrogens with zero attached hydrogens (tertiary/aromatic N) is 7. The van der Waals surface area contributed by atoms with Crippen LogP contribution in [0.5, 0.6) is 0 Å². The normalized spacial score (nSPS) is 14.1. The number of ether oxygens (including phenoxy) is 1. The van der Waals surface area contributed by atoms with Crippen LogP contribution in [0.4, 0.5) is 22.8 Å². The first-order valence-electron chi connectivity index (χ1n) is 20.1. The largest absolute Gasteiger partial charge is 0.451 e. The van der Waals surface area contributed by atoms with Crippen LogP contribution >= 0.6 is 22.7 Å². The van der Waals surface area contributed by atoms with Crippen molar-refractivity contribution in [2.75, 3.05) is 13.6 Å². The molecule has 15 nitrogen and oxygen atoms in total. The maximum absolute atomic E-state index is 14.4. The smallest absolute Gasteiger partial charge is 0.444 e. The van der Waals surface area contributed by atoms with Gasteiger partial charge < -0.3 is 35.1 Å². The predicted octanol–water partition coefficient (Wildman–Crippen LogP) is 6.32. The Morgan fingerprint density at radius 3 is 2.15 bits per heavy atom. The molecule has 330 valence electrons. The molecule has 3 aromatic heterocycles. The maximum Gasteiger partial charge on any atom is 0.451 e. The van der Waals surface area contributed by atoms with Crippen LogP contribution in [0.3, 0.4) is 0 Å². The van der Waals surface area contributed by atoms with Gasteiger partial charge in [0.15, 0.2) is 5.82 Å². The summed E-state index contributed by atoms with van der Waals surface area (Å²) in [6.45, 7) is 3.70. The Kier molecular flexibility index (Phi) is 15.7. The number of thiazole rings is 2. The summed E-state index contributed by atoms with van der Waals surface area (Å²) in [4.78, 5) is 67.1. The Labute approximate surface area is 365 Å². The van der Waals surface area contributed by atoms with Crippen LogP contribution < -0.4 is 16.0 Å².